The molecule has 3 nitrogen and oxygen atoms in total. The lowest BCUT2D eigenvalue weighted by Crippen LogP contribution is -2.08. The number of rotatable bonds is 4. The Kier molecular flexibility index (Phi) is 4.16. The molecule has 1 N–H and O–H groups in total. The Morgan fingerprint density at radius 3 is 2.59 bits per heavy atom. The third kappa shape index (κ3) is 2.78. The van der Waals surface area contributed by atoms with E-state index in [1.165, 1.54) is 12.1 Å². The molecule has 0 saturated heterocycles. The maximum Gasteiger partial charge on any atom is 0.307 e. The van der Waals surface area contributed by atoms with Crippen molar-refractivity contribution in [2.45, 2.75) is 26.2 Å². The molecule has 0 aliphatic carbocycles. The Bertz CT molecular complexity index is 478. The first-order valence-corrected chi connectivity index (χ1v) is 5.05. The van der Waals surface area contributed by atoms with Crippen LogP contribution >= 0.6 is 0 Å². The van der Waals surface area contributed by atoms with Crippen LogP contribution in [0.25, 0.3) is 0 Å². The number of aliphatic carboxylic acids is 1. The van der Waals surface area contributed by atoms with Crippen LogP contribution in [0, 0.1) is 11.3 Å². The van der Waals surface area contributed by atoms with E-state index < -0.39 is 24.4 Å². The van der Waals surface area contributed by atoms with Crippen LogP contribution in [0.2, 0.25) is 0 Å². The maximum atomic E-state index is 12.7. The van der Waals surface area contributed by atoms with Crippen molar-refractivity contribution in [1.82, 2.24) is 0 Å². The molecule has 0 spiro atoms. The number of hydrogen-bond acceptors (Lipinski definition) is 2. The topological polar surface area (TPSA) is 61.1 Å². The fourth-order valence-corrected chi connectivity index (χ4v) is 1.71. The van der Waals surface area contributed by atoms with Crippen molar-refractivity contribution in [2.24, 2.45) is 0 Å². The highest BCUT2D eigenvalue weighted by molar-refractivity contribution is 5.72. The van der Waals surface area contributed by atoms with Gasteiger partial charge >= 0.3 is 5.97 Å². The summed E-state index contributed by atoms with van der Waals surface area (Å²) in [7, 11) is 0. The predicted molar refractivity (Wildman–Crippen MR) is 56.8 cm³/mol. The van der Waals surface area contributed by atoms with Gasteiger partial charge in [-0.2, -0.15) is 5.26 Å². The number of carboxylic acid groups (broad SMARTS) is 1. The summed E-state index contributed by atoms with van der Waals surface area (Å²) in [5.41, 5.74) is 0.205. The average molecular weight is 239 g/mol. The van der Waals surface area contributed by atoms with Gasteiger partial charge in [0.05, 0.1) is 18.1 Å². The summed E-state index contributed by atoms with van der Waals surface area (Å²) in [6.45, 7) is 1.78. The quantitative estimate of drug-likeness (QED) is 0.878. The lowest BCUT2D eigenvalue weighted by molar-refractivity contribution is -0.136. The summed E-state index contributed by atoms with van der Waals surface area (Å²) in [4.78, 5) is 10.7. The van der Waals surface area contributed by atoms with Crippen LogP contribution < -0.4 is 0 Å². The lowest BCUT2D eigenvalue weighted by Gasteiger charge is -2.12. The molecule has 90 valence electrons. The Hall–Kier alpha value is -1.96. The van der Waals surface area contributed by atoms with Crippen molar-refractivity contribution in [3.8, 4) is 6.07 Å². The van der Waals surface area contributed by atoms with E-state index in [-0.39, 0.29) is 11.1 Å². The van der Waals surface area contributed by atoms with Crippen LogP contribution in [0.15, 0.2) is 12.1 Å². The number of benzene rings is 1. The first-order valence-electron chi connectivity index (χ1n) is 5.05. The molecule has 5 heteroatoms. The van der Waals surface area contributed by atoms with Gasteiger partial charge < -0.3 is 5.11 Å². The van der Waals surface area contributed by atoms with E-state index >= 15 is 0 Å². The molecule has 0 amide bonds. The number of nitriles is 1. The van der Waals surface area contributed by atoms with Crippen LogP contribution in [-0.2, 0) is 17.6 Å². The van der Waals surface area contributed by atoms with Gasteiger partial charge in [-0.3, -0.25) is 4.79 Å². The number of alkyl halides is 2. The molecule has 0 atom stereocenters. The smallest absolute Gasteiger partial charge is 0.307 e. The van der Waals surface area contributed by atoms with Crippen LogP contribution in [0.3, 0.4) is 0 Å². The van der Waals surface area contributed by atoms with Crippen LogP contribution in [0.5, 0.6) is 0 Å². The minimum atomic E-state index is -2.77. The largest absolute Gasteiger partial charge is 0.481 e. The summed E-state index contributed by atoms with van der Waals surface area (Å²) in [6.07, 6.45) is -2.68. The molecular formula is C12H11F2NO2. The second kappa shape index (κ2) is 5.39. The normalized spacial score (nSPS) is 10.3. The van der Waals surface area contributed by atoms with Crippen LogP contribution in [0.4, 0.5) is 8.78 Å². The van der Waals surface area contributed by atoms with Gasteiger partial charge in [0.2, 0.25) is 0 Å². The summed E-state index contributed by atoms with van der Waals surface area (Å²) in [5, 5.41) is 17.6. The molecule has 0 radical (unpaired) electrons. The SMILES string of the molecule is CCc1ccc(C(F)F)c(C#N)c1CC(=O)O. The number of aryl methyl sites for hydroxylation is 1. The van der Waals surface area contributed by atoms with Gasteiger partial charge in [-0.25, -0.2) is 8.78 Å². The van der Waals surface area contributed by atoms with Gasteiger partial charge in [-0.1, -0.05) is 19.1 Å². The summed E-state index contributed by atoms with van der Waals surface area (Å²) in [6, 6.07) is 4.33. The Labute approximate surface area is 97.3 Å². The molecular weight excluding hydrogens is 228 g/mol. The molecule has 0 aliphatic heterocycles. The molecule has 0 bridgehead atoms. The van der Waals surface area contributed by atoms with Crippen molar-refractivity contribution < 1.29 is 18.7 Å². The summed E-state index contributed by atoms with van der Waals surface area (Å²) in [5.74, 6) is -1.14. The van der Waals surface area contributed by atoms with Gasteiger partial charge in [-0.15, -0.1) is 0 Å². The van der Waals surface area contributed by atoms with E-state index in [1.807, 2.05) is 0 Å². The molecule has 0 aliphatic rings. The number of halogens is 2. The molecule has 0 heterocycles. The highest BCUT2D eigenvalue weighted by atomic mass is 19.3. The fraction of sp³-hybridized carbons (Fsp3) is 0.333. The predicted octanol–water partition coefficient (Wildman–Crippen LogP) is 2.69. The molecule has 0 saturated carbocycles. The highest BCUT2D eigenvalue weighted by Crippen LogP contribution is 2.28. The summed E-state index contributed by atoms with van der Waals surface area (Å²) < 4.78 is 25.3. The van der Waals surface area contributed by atoms with Crippen molar-refractivity contribution in [2.75, 3.05) is 0 Å². The zero-order valence-corrected chi connectivity index (χ0v) is 9.20. The molecule has 0 fully saturated rings. The first-order chi connectivity index (χ1) is 8.01. The minimum Gasteiger partial charge on any atom is -0.481 e. The lowest BCUT2D eigenvalue weighted by atomic mass is 9.93. The minimum absolute atomic E-state index is 0.195. The second-order valence-corrected chi connectivity index (χ2v) is 3.50. The van der Waals surface area contributed by atoms with Crippen molar-refractivity contribution >= 4 is 5.97 Å². The van der Waals surface area contributed by atoms with Crippen molar-refractivity contribution in [1.29, 1.82) is 5.26 Å². The van der Waals surface area contributed by atoms with E-state index in [2.05, 4.69) is 0 Å². The van der Waals surface area contributed by atoms with Crippen molar-refractivity contribution in [3.05, 3.63) is 34.4 Å². The first kappa shape index (κ1) is 13.1. The van der Waals surface area contributed by atoms with Gasteiger partial charge in [-0.05, 0) is 17.5 Å². The zero-order chi connectivity index (χ0) is 13.0. The van der Waals surface area contributed by atoms with E-state index in [4.69, 9.17) is 10.4 Å². The molecule has 1 aromatic rings. The van der Waals surface area contributed by atoms with Crippen LogP contribution in [0.1, 0.15) is 35.6 Å². The zero-order valence-electron chi connectivity index (χ0n) is 9.20. The number of hydrogen-bond donors (Lipinski definition) is 1. The van der Waals surface area contributed by atoms with Gasteiger partial charge in [0.15, 0.2) is 0 Å². The monoisotopic (exact) mass is 239 g/mol. The molecule has 1 rings (SSSR count). The van der Waals surface area contributed by atoms with E-state index in [9.17, 15) is 13.6 Å². The second-order valence-electron chi connectivity index (χ2n) is 3.50. The number of carboxylic acids is 1. The molecule has 1 aromatic carbocycles. The van der Waals surface area contributed by atoms with E-state index in [0.717, 1.165) is 0 Å². The fourth-order valence-electron chi connectivity index (χ4n) is 1.71. The van der Waals surface area contributed by atoms with Crippen molar-refractivity contribution in [3.63, 3.8) is 0 Å². The number of nitrogens with zero attached hydrogens (tertiary/aromatic N) is 1. The molecule has 0 aromatic heterocycles. The summed E-state index contributed by atoms with van der Waals surface area (Å²) >= 11 is 0. The standard InChI is InChI=1S/C12H11F2NO2/c1-2-7-3-4-8(12(13)14)10(6-15)9(7)5-11(16)17/h3-4,12H,2,5H2,1H3,(H,16,17). The van der Waals surface area contributed by atoms with Gasteiger partial charge in [0.1, 0.15) is 0 Å². The Balaban J connectivity index is 3.44. The Morgan fingerprint density at radius 2 is 2.18 bits per heavy atom. The third-order valence-corrected chi connectivity index (χ3v) is 2.50. The Morgan fingerprint density at radius 1 is 1.53 bits per heavy atom. The average Bonchev–Trinajstić information content (AvgIpc) is 2.27. The van der Waals surface area contributed by atoms with Crippen LogP contribution in [-0.4, -0.2) is 11.1 Å². The maximum absolute atomic E-state index is 12.7. The van der Waals surface area contributed by atoms with Gasteiger partial charge in [0, 0.05) is 5.56 Å². The highest BCUT2D eigenvalue weighted by Gasteiger charge is 2.19. The molecule has 17 heavy (non-hydrogen) atoms. The number of carbonyl (C=O) groups is 1. The van der Waals surface area contributed by atoms with E-state index in [0.29, 0.717) is 12.0 Å². The third-order valence-electron chi connectivity index (χ3n) is 2.50. The van der Waals surface area contributed by atoms with E-state index in [1.54, 1.807) is 13.0 Å². The van der Waals surface area contributed by atoms with Gasteiger partial charge in [0.25, 0.3) is 6.43 Å². The molecule has 0 unspecified atom stereocenters.